The Bertz CT molecular complexity index is 614. The van der Waals surface area contributed by atoms with Crippen LogP contribution in [-0.4, -0.2) is 33.7 Å². The lowest BCUT2D eigenvalue weighted by molar-refractivity contribution is -0.116. The Morgan fingerprint density at radius 2 is 1.83 bits per heavy atom. The normalized spacial score (nSPS) is 15.5. The van der Waals surface area contributed by atoms with Gasteiger partial charge in [-0.1, -0.05) is 12.1 Å². The van der Waals surface area contributed by atoms with Crippen LogP contribution >= 0.6 is 12.4 Å². The molecule has 0 aliphatic carbocycles. The Hall–Kier alpha value is -1.15. The summed E-state index contributed by atoms with van der Waals surface area (Å²) >= 11 is 0. The summed E-state index contributed by atoms with van der Waals surface area (Å²) in [6.07, 6.45) is 4.90. The first-order chi connectivity index (χ1) is 10.9. The number of piperidine rings is 1. The van der Waals surface area contributed by atoms with E-state index in [1.165, 1.54) is 0 Å². The van der Waals surface area contributed by atoms with E-state index in [9.17, 15) is 13.2 Å². The third kappa shape index (κ3) is 8.10. The number of benzene rings is 1. The first-order valence-corrected chi connectivity index (χ1v) is 9.86. The molecule has 0 atom stereocenters. The molecule has 3 N–H and O–H groups in total. The highest BCUT2D eigenvalue weighted by atomic mass is 35.5. The van der Waals surface area contributed by atoms with Crippen LogP contribution in [0.3, 0.4) is 0 Å². The Kier molecular flexibility index (Phi) is 8.69. The number of carbonyl (C=O) groups is 1. The molecule has 1 saturated heterocycles. The van der Waals surface area contributed by atoms with Crippen LogP contribution in [0.25, 0.3) is 0 Å². The molecule has 8 heteroatoms. The van der Waals surface area contributed by atoms with E-state index in [4.69, 9.17) is 0 Å². The summed E-state index contributed by atoms with van der Waals surface area (Å²) in [7, 11) is -3.19. The van der Waals surface area contributed by atoms with E-state index < -0.39 is 10.0 Å². The van der Waals surface area contributed by atoms with Crippen molar-refractivity contribution in [1.29, 1.82) is 0 Å². The van der Waals surface area contributed by atoms with Gasteiger partial charge in [-0.05, 0) is 56.0 Å². The van der Waals surface area contributed by atoms with E-state index in [1.54, 1.807) is 24.3 Å². The molecule has 1 aromatic carbocycles. The number of hydrogen-bond acceptors (Lipinski definition) is 4. The molecule has 0 radical (unpaired) electrons. The molecule has 1 aromatic rings. The summed E-state index contributed by atoms with van der Waals surface area (Å²) < 4.78 is 24.5. The third-order valence-electron chi connectivity index (χ3n) is 4.01. The predicted molar refractivity (Wildman–Crippen MR) is 98.8 cm³/mol. The minimum atomic E-state index is -3.19. The van der Waals surface area contributed by atoms with Gasteiger partial charge in [0.2, 0.25) is 15.9 Å². The van der Waals surface area contributed by atoms with Gasteiger partial charge < -0.3 is 10.6 Å². The number of sulfonamides is 1. The van der Waals surface area contributed by atoms with Crippen LogP contribution < -0.4 is 15.4 Å². The minimum Gasteiger partial charge on any atom is -0.326 e. The van der Waals surface area contributed by atoms with E-state index in [-0.39, 0.29) is 24.9 Å². The van der Waals surface area contributed by atoms with Gasteiger partial charge in [0.05, 0.1) is 6.26 Å². The molecule has 24 heavy (non-hydrogen) atoms. The highest BCUT2D eigenvalue weighted by Gasteiger charge is 2.14. The number of carbonyl (C=O) groups excluding carboxylic acids is 1. The summed E-state index contributed by atoms with van der Waals surface area (Å²) in [4.78, 5) is 12.0. The lowest BCUT2D eigenvalue weighted by atomic mass is 9.93. The van der Waals surface area contributed by atoms with Crippen LogP contribution in [0.1, 0.15) is 31.2 Å². The minimum absolute atomic E-state index is 0. The number of nitrogens with one attached hydrogen (secondary N) is 3. The first-order valence-electron chi connectivity index (χ1n) is 7.96. The van der Waals surface area contributed by atoms with Crippen molar-refractivity contribution in [2.45, 2.75) is 32.2 Å². The summed E-state index contributed by atoms with van der Waals surface area (Å²) in [5.41, 5.74) is 1.59. The Labute approximate surface area is 150 Å². The summed E-state index contributed by atoms with van der Waals surface area (Å²) in [5, 5.41) is 6.21. The molecule has 0 bridgehead atoms. The molecular formula is C16H26ClN3O3S. The maximum absolute atomic E-state index is 12.0. The molecule has 1 fully saturated rings. The number of halogens is 1. The quantitative estimate of drug-likeness (QED) is 0.679. The van der Waals surface area contributed by atoms with Gasteiger partial charge in [0.25, 0.3) is 0 Å². The summed E-state index contributed by atoms with van der Waals surface area (Å²) in [6, 6.07) is 7.20. The van der Waals surface area contributed by atoms with Crippen molar-refractivity contribution in [2.75, 3.05) is 24.7 Å². The van der Waals surface area contributed by atoms with E-state index in [0.29, 0.717) is 12.3 Å². The number of anilines is 1. The fourth-order valence-electron chi connectivity index (χ4n) is 2.65. The van der Waals surface area contributed by atoms with Gasteiger partial charge in [-0.2, -0.15) is 0 Å². The van der Waals surface area contributed by atoms with Crippen LogP contribution in [0, 0.1) is 5.92 Å². The van der Waals surface area contributed by atoms with Crippen molar-refractivity contribution in [3.63, 3.8) is 0 Å². The fraction of sp³-hybridized carbons (Fsp3) is 0.562. The predicted octanol–water partition coefficient (Wildman–Crippen LogP) is 1.88. The zero-order valence-electron chi connectivity index (χ0n) is 13.9. The molecule has 2 rings (SSSR count). The Balaban J connectivity index is 0.00000288. The van der Waals surface area contributed by atoms with E-state index >= 15 is 0 Å². The van der Waals surface area contributed by atoms with Crippen molar-refractivity contribution in [3.8, 4) is 0 Å². The van der Waals surface area contributed by atoms with Gasteiger partial charge in [0, 0.05) is 18.7 Å². The van der Waals surface area contributed by atoms with Gasteiger partial charge in [0.1, 0.15) is 0 Å². The zero-order chi connectivity index (χ0) is 16.7. The van der Waals surface area contributed by atoms with Crippen LogP contribution in [0.2, 0.25) is 0 Å². The molecule has 1 heterocycles. The maximum atomic E-state index is 12.0. The smallest absolute Gasteiger partial charge is 0.224 e. The second-order valence-electron chi connectivity index (χ2n) is 6.07. The van der Waals surface area contributed by atoms with Gasteiger partial charge in [0.15, 0.2) is 0 Å². The van der Waals surface area contributed by atoms with Gasteiger partial charge in [-0.3, -0.25) is 4.79 Å². The highest BCUT2D eigenvalue weighted by Crippen LogP contribution is 2.18. The van der Waals surface area contributed by atoms with Crippen LogP contribution in [0.5, 0.6) is 0 Å². The monoisotopic (exact) mass is 375 g/mol. The molecule has 1 aliphatic rings. The van der Waals surface area contributed by atoms with Crippen molar-refractivity contribution >= 4 is 34.0 Å². The average molecular weight is 376 g/mol. The maximum Gasteiger partial charge on any atom is 0.224 e. The third-order valence-corrected chi connectivity index (χ3v) is 4.68. The molecule has 6 nitrogen and oxygen atoms in total. The standard InChI is InChI=1S/C16H25N3O3S.ClH/c1-23(21,22)18-12-14-2-5-15(6-3-14)19-16(20)7-4-13-8-10-17-11-9-13;/h2-3,5-6,13,17-18H,4,7-12H2,1H3,(H,19,20);1H. The average Bonchev–Trinajstić information content (AvgIpc) is 2.53. The van der Waals surface area contributed by atoms with Crippen LogP contribution in [0.15, 0.2) is 24.3 Å². The van der Waals surface area contributed by atoms with Crippen molar-refractivity contribution in [3.05, 3.63) is 29.8 Å². The second-order valence-corrected chi connectivity index (χ2v) is 7.90. The van der Waals surface area contributed by atoms with Gasteiger partial charge >= 0.3 is 0 Å². The van der Waals surface area contributed by atoms with E-state index in [2.05, 4.69) is 15.4 Å². The Morgan fingerprint density at radius 3 is 2.42 bits per heavy atom. The topological polar surface area (TPSA) is 87.3 Å². The zero-order valence-corrected chi connectivity index (χ0v) is 15.5. The second kappa shape index (κ2) is 9.98. The van der Waals surface area contributed by atoms with Gasteiger partial charge in [-0.25, -0.2) is 13.1 Å². The molecular weight excluding hydrogens is 350 g/mol. The fourth-order valence-corrected chi connectivity index (χ4v) is 3.08. The summed E-state index contributed by atoms with van der Waals surface area (Å²) in [6.45, 7) is 2.35. The van der Waals surface area contributed by atoms with Crippen LogP contribution in [0.4, 0.5) is 5.69 Å². The number of rotatable bonds is 7. The molecule has 0 spiro atoms. The molecule has 0 saturated carbocycles. The van der Waals surface area contributed by atoms with Crippen molar-refractivity contribution < 1.29 is 13.2 Å². The SMILES string of the molecule is CS(=O)(=O)NCc1ccc(NC(=O)CCC2CCNCC2)cc1.Cl. The lowest BCUT2D eigenvalue weighted by Gasteiger charge is -2.22. The van der Waals surface area contributed by atoms with Gasteiger partial charge in [-0.15, -0.1) is 12.4 Å². The van der Waals surface area contributed by atoms with Crippen molar-refractivity contribution in [1.82, 2.24) is 10.0 Å². The van der Waals surface area contributed by atoms with Crippen molar-refractivity contribution in [2.24, 2.45) is 5.92 Å². The first kappa shape index (κ1) is 20.9. The molecule has 0 aromatic heterocycles. The lowest BCUT2D eigenvalue weighted by Crippen LogP contribution is -2.28. The molecule has 136 valence electrons. The molecule has 0 unspecified atom stereocenters. The largest absolute Gasteiger partial charge is 0.326 e. The molecule has 1 amide bonds. The Morgan fingerprint density at radius 1 is 1.21 bits per heavy atom. The van der Waals surface area contributed by atoms with E-state index in [0.717, 1.165) is 49.9 Å². The van der Waals surface area contributed by atoms with E-state index in [1.807, 2.05) is 0 Å². The summed E-state index contributed by atoms with van der Waals surface area (Å²) in [5.74, 6) is 0.678. The number of amides is 1. The molecule has 1 aliphatic heterocycles. The highest BCUT2D eigenvalue weighted by molar-refractivity contribution is 7.88. The number of hydrogen-bond donors (Lipinski definition) is 3. The van der Waals surface area contributed by atoms with Crippen LogP contribution in [-0.2, 0) is 21.4 Å².